The third kappa shape index (κ3) is 2.59. The van der Waals surface area contributed by atoms with Gasteiger partial charge in [0.05, 0.1) is 0 Å². The lowest BCUT2D eigenvalue weighted by molar-refractivity contribution is 0.509. The van der Waals surface area contributed by atoms with Gasteiger partial charge in [0.25, 0.3) is 5.89 Å². The molecule has 0 atom stereocenters. The van der Waals surface area contributed by atoms with Crippen LogP contribution in [0, 0.1) is 0 Å². The van der Waals surface area contributed by atoms with Crippen LogP contribution in [0.5, 0.6) is 0 Å². The molecule has 0 unspecified atom stereocenters. The Kier molecular flexibility index (Phi) is 3.82. The van der Waals surface area contributed by atoms with Crippen molar-refractivity contribution in [1.29, 1.82) is 0 Å². The summed E-state index contributed by atoms with van der Waals surface area (Å²) in [4.78, 5) is 0. The van der Waals surface area contributed by atoms with E-state index in [1.165, 1.54) is 0 Å². The summed E-state index contributed by atoms with van der Waals surface area (Å²) in [5.74, 6) is 1.18. The Hall–Kier alpha value is -2.59. The van der Waals surface area contributed by atoms with Crippen LogP contribution in [0.25, 0.3) is 22.5 Å². The molecule has 0 amide bonds. The lowest BCUT2D eigenvalue weighted by Gasteiger charge is -2.10. The molecule has 4 rings (SSSR count). The molecule has 0 saturated heterocycles. The van der Waals surface area contributed by atoms with E-state index >= 15 is 0 Å². The summed E-state index contributed by atoms with van der Waals surface area (Å²) in [5.41, 5.74) is 3.07. The quantitative estimate of drug-likeness (QED) is 0.529. The van der Waals surface area contributed by atoms with Crippen molar-refractivity contribution in [3.63, 3.8) is 0 Å². The van der Waals surface area contributed by atoms with Gasteiger partial charge in [0.15, 0.2) is 0 Å². The van der Waals surface area contributed by atoms with Gasteiger partial charge in [-0.05, 0) is 23.8 Å². The van der Waals surface area contributed by atoms with Crippen LogP contribution >= 0.6 is 11.6 Å². The molecule has 0 spiro atoms. The van der Waals surface area contributed by atoms with E-state index in [1.54, 1.807) is 0 Å². The van der Waals surface area contributed by atoms with Gasteiger partial charge in [0.2, 0.25) is 5.89 Å². The fourth-order valence-corrected chi connectivity index (χ4v) is 3.05. The molecule has 2 aromatic carbocycles. The first kappa shape index (κ1) is 15.0. The van der Waals surface area contributed by atoms with Gasteiger partial charge < -0.3 is 8.98 Å². The maximum atomic E-state index is 6.35. The first-order valence-corrected chi connectivity index (χ1v) is 8.28. The molecular formula is C19H16ClN3O. The van der Waals surface area contributed by atoms with Crippen molar-refractivity contribution in [3.8, 4) is 11.6 Å². The summed E-state index contributed by atoms with van der Waals surface area (Å²) in [6.45, 7) is 2.64. The Morgan fingerprint density at radius 2 is 1.83 bits per heavy atom. The first-order chi connectivity index (χ1) is 11.8. The fraction of sp³-hybridized carbons (Fsp3) is 0.158. The minimum atomic E-state index is 0.537. The molecule has 2 aromatic heterocycles. The maximum absolute atomic E-state index is 6.35. The molecule has 4 nitrogen and oxygen atoms in total. The predicted octanol–water partition coefficient (Wildman–Crippen LogP) is 4.96. The second kappa shape index (κ2) is 6.13. The average molecular weight is 338 g/mol. The number of benzene rings is 2. The Bertz CT molecular complexity index is 1000. The molecule has 120 valence electrons. The van der Waals surface area contributed by atoms with Crippen molar-refractivity contribution in [3.05, 3.63) is 71.1 Å². The lowest BCUT2D eigenvalue weighted by Crippen LogP contribution is -2.02. The van der Waals surface area contributed by atoms with Crippen molar-refractivity contribution in [1.82, 2.24) is 14.8 Å². The van der Waals surface area contributed by atoms with E-state index in [4.69, 9.17) is 16.0 Å². The van der Waals surface area contributed by atoms with Crippen LogP contribution in [0.4, 0.5) is 0 Å². The van der Waals surface area contributed by atoms with Gasteiger partial charge in [-0.3, -0.25) is 0 Å². The lowest BCUT2D eigenvalue weighted by atomic mass is 10.2. The molecule has 4 aromatic rings. The number of aromatic nitrogens is 3. The molecule has 0 saturated carbocycles. The molecule has 0 N–H and O–H groups in total. The van der Waals surface area contributed by atoms with E-state index in [0.29, 0.717) is 18.3 Å². The number of halogens is 1. The molecule has 0 aliphatic carbocycles. The summed E-state index contributed by atoms with van der Waals surface area (Å²) in [5, 5.41) is 10.2. The molecule has 0 aliphatic heterocycles. The van der Waals surface area contributed by atoms with E-state index < -0.39 is 0 Å². The Morgan fingerprint density at radius 1 is 1.04 bits per heavy atom. The summed E-state index contributed by atoms with van der Waals surface area (Å²) in [7, 11) is 0. The number of hydrogen-bond donors (Lipinski definition) is 0. The van der Waals surface area contributed by atoms with Gasteiger partial charge in [0.1, 0.15) is 5.69 Å². The van der Waals surface area contributed by atoms with E-state index in [1.807, 2.05) is 43.3 Å². The number of fused-ring (bicyclic) bond motifs is 1. The van der Waals surface area contributed by atoms with Crippen molar-refractivity contribution >= 4 is 22.5 Å². The minimum absolute atomic E-state index is 0.537. The van der Waals surface area contributed by atoms with Crippen LogP contribution in [0.15, 0.2) is 59.0 Å². The predicted molar refractivity (Wildman–Crippen MR) is 95.2 cm³/mol. The van der Waals surface area contributed by atoms with Gasteiger partial charge >= 0.3 is 0 Å². The Morgan fingerprint density at radius 3 is 2.62 bits per heavy atom. The van der Waals surface area contributed by atoms with Crippen LogP contribution < -0.4 is 0 Å². The van der Waals surface area contributed by atoms with Crippen molar-refractivity contribution in [2.45, 2.75) is 19.9 Å². The summed E-state index contributed by atoms with van der Waals surface area (Å²) in [6, 6.07) is 18.2. The smallest absolute Gasteiger partial charge is 0.264 e. The van der Waals surface area contributed by atoms with Crippen LogP contribution in [0.2, 0.25) is 5.02 Å². The molecular weight excluding hydrogens is 322 g/mol. The number of nitrogens with zero attached hydrogens (tertiary/aromatic N) is 3. The largest absolute Gasteiger partial charge is 0.419 e. The summed E-state index contributed by atoms with van der Waals surface area (Å²) >= 11 is 6.35. The van der Waals surface area contributed by atoms with Crippen molar-refractivity contribution in [2.24, 2.45) is 0 Å². The topological polar surface area (TPSA) is 43.9 Å². The second-order valence-electron chi connectivity index (χ2n) is 5.62. The van der Waals surface area contributed by atoms with Crippen molar-refractivity contribution in [2.75, 3.05) is 0 Å². The highest BCUT2D eigenvalue weighted by Crippen LogP contribution is 2.29. The highest BCUT2D eigenvalue weighted by Gasteiger charge is 2.16. The van der Waals surface area contributed by atoms with Gasteiger partial charge in [0, 0.05) is 28.9 Å². The van der Waals surface area contributed by atoms with Crippen LogP contribution in [-0.2, 0) is 13.0 Å². The molecule has 24 heavy (non-hydrogen) atoms. The molecule has 0 aliphatic rings. The van der Waals surface area contributed by atoms with Crippen LogP contribution in [0.3, 0.4) is 0 Å². The van der Waals surface area contributed by atoms with Crippen LogP contribution in [0.1, 0.15) is 18.4 Å². The monoisotopic (exact) mass is 337 g/mol. The summed E-state index contributed by atoms with van der Waals surface area (Å²) in [6.07, 6.45) is 0.720. The summed E-state index contributed by atoms with van der Waals surface area (Å²) < 4.78 is 7.95. The third-order valence-electron chi connectivity index (χ3n) is 4.09. The maximum Gasteiger partial charge on any atom is 0.264 e. The van der Waals surface area contributed by atoms with Gasteiger partial charge in [-0.15, -0.1) is 10.2 Å². The minimum Gasteiger partial charge on any atom is -0.419 e. The third-order valence-corrected chi connectivity index (χ3v) is 4.45. The molecule has 0 fully saturated rings. The fourth-order valence-electron chi connectivity index (χ4n) is 2.85. The Labute approximate surface area is 144 Å². The van der Waals surface area contributed by atoms with Crippen LogP contribution in [-0.4, -0.2) is 14.8 Å². The molecule has 5 heteroatoms. The average Bonchev–Trinajstić information content (AvgIpc) is 3.22. The van der Waals surface area contributed by atoms with E-state index in [0.717, 1.165) is 33.6 Å². The van der Waals surface area contributed by atoms with Gasteiger partial charge in [-0.2, -0.15) is 0 Å². The normalized spacial score (nSPS) is 11.2. The Balaban J connectivity index is 1.88. The first-order valence-electron chi connectivity index (χ1n) is 7.90. The zero-order valence-corrected chi connectivity index (χ0v) is 14.0. The highest BCUT2D eigenvalue weighted by molar-refractivity contribution is 6.31. The SMILES string of the molecule is CCc1nnc(-c2cc3ccccc3n2Cc2ccccc2Cl)o1. The number of hydrogen-bond acceptors (Lipinski definition) is 3. The van der Waals surface area contributed by atoms with Gasteiger partial charge in [-0.25, -0.2) is 0 Å². The standard InChI is InChI=1S/C19H16ClN3O/c1-2-18-21-22-19(24-18)17-11-13-7-4-6-10-16(13)23(17)12-14-8-3-5-9-15(14)20/h3-11H,2,12H2,1H3. The van der Waals surface area contributed by atoms with Crippen molar-refractivity contribution < 1.29 is 4.42 Å². The molecule has 0 radical (unpaired) electrons. The van der Waals surface area contributed by atoms with E-state index in [9.17, 15) is 0 Å². The number of para-hydroxylation sites is 1. The van der Waals surface area contributed by atoms with E-state index in [2.05, 4.69) is 33.0 Å². The zero-order valence-electron chi connectivity index (χ0n) is 13.2. The number of rotatable bonds is 4. The zero-order chi connectivity index (χ0) is 16.5. The second-order valence-corrected chi connectivity index (χ2v) is 6.03. The molecule has 0 bridgehead atoms. The number of aryl methyl sites for hydroxylation is 1. The van der Waals surface area contributed by atoms with E-state index in [-0.39, 0.29) is 0 Å². The highest BCUT2D eigenvalue weighted by atomic mass is 35.5. The van der Waals surface area contributed by atoms with Gasteiger partial charge in [-0.1, -0.05) is 54.9 Å². The molecule has 2 heterocycles.